The zero-order valence-electron chi connectivity index (χ0n) is 53.8. The molecule has 0 saturated carbocycles. The van der Waals surface area contributed by atoms with Gasteiger partial charge in [0, 0.05) is 129 Å². The molecular weight excluding hydrogens is 1320 g/mol. The Morgan fingerprint density at radius 2 is 1.49 bits per heavy atom. The lowest BCUT2D eigenvalue weighted by atomic mass is 9.73. The van der Waals surface area contributed by atoms with Crippen LogP contribution < -0.4 is 25.6 Å². The van der Waals surface area contributed by atoms with Crippen molar-refractivity contribution in [1.29, 1.82) is 0 Å². The van der Waals surface area contributed by atoms with E-state index >= 15 is 0 Å². The van der Waals surface area contributed by atoms with Gasteiger partial charge >= 0.3 is 5.51 Å². The highest BCUT2D eigenvalue weighted by Gasteiger charge is 2.49. The Balaban J connectivity index is 0.675. The lowest BCUT2D eigenvalue weighted by molar-refractivity contribution is -0.133. The lowest BCUT2D eigenvalue weighted by Gasteiger charge is -2.39. The van der Waals surface area contributed by atoms with Crippen molar-refractivity contribution in [3.05, 3.63) is 160 Å². The number of sulfonamides is 1. The summed E-state index contributed by atoms with van der Waals surface area (Å²) in [5.74, 6) is -2.32. The number of benzene rings is 5. The molecule has 1 aliphatic carbocycles. The fourth-order valence-corrected chi connectivity index (χ4v) is 15.8. The number of rotatable bonds is 28. The number of sulfone groups is 1. The number of carbonyl (C=O) groups excluding carboxylic acids is 5. The maximum absolute atomic E-state index is 14.5. The molecule has 3 saturated heterocycles. The number of allylic oxidation sites excluding steroid dienone is 2. The minimum atomic E-state index is -6.16. The topological polar surface area (TPSA) is 236 Å². The van der Waals surface area contributed by atoms with E-state index < -0.39 is 76.6 Å². The number of imide groups is 1. The van der Waals surface area contributed by atoms with Crippen molar-refractivity contribution < 1.29 is 63.5 Å². The smallest absolute Gasteiger partial charge is 0.382 e. The zero-order valence-corrected chi connectivity index (χ0v) is 57.0. The van der Waals surface area contributed by atoms with E-state index in [1.165, 1.54) is 40.6 Å². The molecule has 3 fully saturated rings. The van der Waals surface area contributed by atoms with E-state index in [1.54, 1.807) is 35.2 Å². The third-order valence-corrected chi connectivity index (χ3v) is 22.3. The molecule has 27 heteroatoms. The second-order valence-electron chi connectivity index (χ2n) is 25.4. The number of anilines is 3. The normalized spacial score (nSPS) is 18.5. The van der Waals surface area contributed by atoms with Crippen molar-refractivity contribution in [2.45, 2.75) is 97.5 Å². The van der Waals surface area contributed by atoms with Crippen LogP contribution in [-0.4, -0.2) is 188 Å². The molecule has 5 amide bonds. The minimum absolute atomic E-state index is 0.0363. The third kappa shape index (κ3) is 17.9. The molecule has 514 valence electrons. The highest BCUT2D eigenvalue weighted by Crippen LogP contribution is 2.43. The summed E-state index contributed by atoms with van der Waals surface area (Å²) in [7, 11) is -11.1. The van der Waals surface area contributed by atoms with Crippen LogP contribution in [0.5, 0.6) is 0 Å². The molecular formula is C69H81ClF3N9O11S3. The predicted octanol–water partition coefficient (Wildman–Crippen LogP) is 9.96. The number of fused-ring (bicyclic) bond motifs is 1. The maximum atomic E-state index is 14.5. The van der Waals surface area contributed by atoms with E-state index in [0.29, 0.717) is 107 Å². The second-order valence-corrected chi connectivity index (χ2v) is 30.5. The number of hydrogen-bond acceptors (Lipinski definition) is 17. The number of nitrogens with zero attached hydrogens (tertiary/aromatic N) is 5. The lowest BCUT2D eigenvalue weighted by Crippen LogP contribution is -2.51. The summed E-state index contributed by atoms with van der Waals surface area (Å²) in [5.41, 5.74) is 0.135. The Morgan fingerprint density at radius 1 is 0.792 bits per heavy atom. The number of hydrogen-bond donors (Lipinski definition) is 4. The standard InChI is InChI=1S/C69H81ClF3N9O11S3/c1-47-14-25-60(65(85)75-47)82-66(86)57-11-7-12-59(63(57)67(82)87)74-29-40-93-42-41-92-39-8-13-62(83)81-37-31-78(32-38-81)30-27-52(46-94-54-9-5-4-6-10-54)76-58-24-23-55(43-61(58)95(88,89)69(71,72)73)96(90,91)77-64(84)49-17-21-53(22-18-49)80-35-33-79(34-36-80)45-50-44-68(2,3)28-26-56(50)48-15-19-51(70)20-16-48/h4-7,9-12,15-24,43,52,60,74,76H,1,8,13-14,25-42,44-46H2,2-3H3,(H,75,85)(H,77,84)/t52-,60?/m1/s1. The largest absolute Gasteiger partial charge is 0.501 e. The number of alkyl halides is 3. The molecule has 5 aromatic rings. The molecule has 4 N–H and O–H groups in total. The van der Waals surface area contributed by atoms with Gasteiger partial charge in [0.15, 0.2) is 0 Å². The summed E-state index contributed by atoms with van der Waals surface area (Å²) in [6.07, 6.45) is 4.90. The Bertz CT molecular complexity index is 3920. The second kappa shape index (κ2) is 31.5. The molecule has 2 atom stereocenters. The number of piperazine rings is 2. The number of carbonyl (C=O) groups is 5. The van der Waals surface area contributed by atoms with Crippen LogP contribution in [-0.2, 0) is 38.9 Å². The van der Waals surface area contributed by atoms with Crippen LogP contribution in [0.15, 0.2) is 148 Å². The summed E-state index contributed by atoms with van der Waals surface area (Å²) in [4.78, 5) is 74.3. The Kier molecular flexibility index (Phi) is 23.4. The van der Waals surface area contributed by atoms with E-state index in [-0.39, 0.29) is 60.0 Å². The molecule has 96 heavy (non-hydrogen) atoms. The number of nitrogens with one attached hydrogen (secondary N) is 4. The predicted molar refractivity (Wildman–Crippen MR) is 364 cm³/mol. The monoisotopic (exact) mass is 1400 g/mol. The van der Waals surface area contributed by atoms with Gasteiger partial charge in [-0.1, -0.05) is 74.0 Å². The van der Waals surface area contributed by atoms with Crippen LogP contribution in [0.25, 0.3) is 5.57 Å². The Labute approximate surface area is 568 Å². The van der Waals surface area contributed by atoms with Crippen LogP contribution in [0.4, 0.5) is 30.2 Å². The van der Waals surface area contributed by atoms with Crippen LogP contribution in [0.1, 0.15) is 102 Å². The summed E-state index contributed by atoms with van der Waals surface area (Å²) in [6.45, 7) is 16.0. The van der Waals surface area contributed by atoms with Crippen molar-refractivity contribution in [3.8, 4) is 0 Å². The molecule has 0 bridgehead atoms. The number of halogens is 4. The van der Waals surface area contributed by atoms with Gasteiger partial charge in [-0.15, -0.1) is 11.8 Å². The van der Waals surface area contributed by atoms with E-state index in [4.69, 9.17) is 21.1 Å². The SMILES string of the molecule is C=C1CCC(N2C(=O)c3cccc(NCCOCCOCCCC(=O)N4CCN(CC[C@H](CSc5ccccc5)Nc5ccc(S(=O)(=O)NC(=O)c6ccc(N7CCN(CC8=C(c9ccc(Cl)cc9)CCC(C)(C)C8)CC7)cc6)cc5S(=O)(=O)C(F)(F)F)CC4)c3C2=O)C(=O)N1. The van der Waals surface area contributed by atoms with E-state index in [9.17, 15) is 54.0 Å². The van der Waals surface area contributed by atoms with Crippen LogP contribution in [0.3, 0.4) is 0 Å². The zero-order chi connectivity index (χ0) is 68.4. The quantitative estimate of drug-likeness (QED) is 0.0207. The average molecular weight is 1400 g/mol. The molecule has 5 aromatic carbocycles. The fourth-order valence-electron chi connectivity index (χ4n) is 12.7. The average Bonchev–Trinajstić information content (AvgIpc) is 1.55. The van der Waals surface area contributed by atoms with Gasteiger partial charge in [-0.05, 0) is 140 Å². The van der Waals surface area contributed by atoms with Crippen LogP contribution in [0, 0.1) is 5.41 Å². The van der Waals surface area contributed by atoms with Gasteiger partial charge < -0.3 is 35.2 Å². The first-order chi connectivity index (χ1) is 45.8. The number of piperidine rings is 1. The first-order valence-corrected chi connectivity index (χ1v) is 36.6. The number of amides is 5. The molecule has 10 rings (SSSR count). The molecule has 4 heterocycles. The number of thioether (sulfide) groups is 1. The third-order valence-electron chi connectivity index (χ3n) is 18.0. The summed E-state index contributed by atoms with van der Waals surface area (Å²) in [6, 6.07) is 29.3. The molecule has 5 aliphatic rings. The van der Waals surface area contributed by atoms with Crippen molar-refractivity contribution in [2.24, 2.45) is 5.41 Å². The summed E-state index contributed by atoms with van der Waals surface area (Å²) >= 11 is 7.62. The summed E-state index contributed by atoms with van der Waals surface area (Å²) < 4.78 is 111. The van der Waals surface area contributed by atoms with E-state index in [0.717, 1.165) is 66.5 Å². The minimum Gasteiger partial charge on any atom is -0.382 e. The van der Waals surface area contributed by atoms with E-state index in [1.807, 2.05) is 47.2 Å². The van der Waals surface area contributed by atoms with Gasteiger partial charge in [-0.2, -0.15) is 13.2 Å². The van der Waals surface area contributed by atoms with Crippen molar-refractivity contribution in [3.63, 3.8) is 0 Å². The van der Waals surface area contributed by atoms with Gasteiger partial charge in [0.2, 0.25) is 11.8 Å². The Morgan fingerprint density at radius 3 is 2.19 bits per heavy atom. The van der Waals surface area contributed by atoms with E-state index in [2.05, 4.69) is 63.2 Å². The molecule has 0 spiro atoms. The first-order valence-electron chi connectivity index (χ1n) is 32.2. The van der Waals surface area contributed by atoms with Crippen molar-refractivity contribution >= 4 is 95.4 Å². The van der Waals surface area contributed by atoms with Crippen LogP contribution in [0.2, 0.25) is 5.02 Å². The van der Waals surface area contributed by atoms with Crippen molar-refractivity contribution in [1.82, 2.24) is 29.6 Å². The van der Waals surface area contributed by atoms with Gasteiger partial charge in [0.25, 0.3) is 37.6 Å². The molecule has 0 aromatic heterocycles. The maximum Gasteiger partial charge on any atom is 0.501 e. The van der Waals surface area contributed by atoms with Gasteiger partial charge in [-0.25, -0.2) is 21.6 Å². The number of ether oxygens (including phenoxy) is 2. The van der Waals surface area contributed by atoms with Crippen molar-refractivity contribution in [2.75, 3.05) is 120 Å². The molecule has 20 nitrogen and oxygen atoms in total. The highest BCUT2D eigenvalue weighted by atomic mass is 35.5. The van der Waals surface area contributed by atoms with Gasteiger partial charge in [-0.3, -0.25) is 38.7 Å². The van der Waals surface area contributed by atoms with Gasteiger partial charge in [0.05, 0.1) is 41.5 Å². The van der Waals surface area contributed by atoms with Crippen LogP contribution >= 0.6 is 23.4 Å². The molecule has 4 aliphatic heterocycles. The molecule has 1 unspecified atom stereocenters. The molecule has 0 radical (unpaired) electrons. The Hall–Kier alpha value is -7.30. The summed E-state index contributed by atoms with van der Waals surface area (Å²) in [5, 5.41) is 9.50. The highest BCUT2D eigenvalue weighted by molar-refractivity contribution is 7.99. The first kappa shape index (κ1) is 71.5. The fraction of sp³-hybridized carbons (Fsp3) is 0.435. The van der Waals surface area contributed by atoms with Gasteiger partial charge in [0.1, 0.15) is 10.9 Å².